The van der Waals surface area contributed by atoms with E-state index in [-0.39, 0.29) is 25.7 Å². The van der Waals surface area contributed by atoms with Crippen LogP contribution in [0.3, 0.4) is 0 Å². The topological polar surface area (TPSA) is 237 Å². The van der Waals surface area contributed by atoms with Gasteiger partial charge >= 0.3 is 39.5 Å². The Labute approximate surface area is 607 Å². The summed E-state index contributed by atoms with van der Waals surface area (Å²) in [6.07, 6.45) is 58.1. The highest BCUT2D eigenvalue weighted by Crippen LogP contribution is 2.45. The average Bonchev–Trinajstić information content (AvgIpc) is 1.13. The minimum atomic E-state index is -4.96. The molecule has 0 aliphatic heterocycles. The monoisotopic (exact) mass is 1450 g/mol. The van der Waals surface area contributed by atoms with Crippen LogP contribution in [0.1, 0.15) is 414 Å². The molecule has 0 saturated heterocycles. The summed E-state index contributed by atoms with van der Waals surface area (Å²) < 4.78 is 68.7. The molecular formula is C80H156O17P2. The van der Waals surface area contributed by atoms with Gasteiger partial charge in [-0.25, -0.2) is 9.13 Å². The van der Waals surface area contributed by atoms with E-state index in [0.29, 0.717) is 25.7 Å². The summed E-state index contributed by atoms with van der Waals surface area (Å²) in [6.45, 7) is 12.0. The molecule has 99 heavy (non-hydrogen) atoms. The molecule has 3 N–H and O–H groups in total. The summed E-state index contributed by atoms with van der Waals surface area (Å²) in [5.74, 6) is 0.236. The summed E-state index contributed by atoms with van der Waals surface area (Å²) in [5.41, 5.74) is 0. The van der Waals surface area contributed by atoms with Crippen LogP contribution >= 0.6 is 15.6 Å². The Hall–Kier alpha value is -1.94. The molecule has 5 atom stereocenters. The highest BCUT2D eigenvalue weighted by atomic mass is 31.2. The first-order valence-electron chi connectivity index (χ1n) is 41.3. The van der Waals surface area contributed by atoms with Gasteiger partial charge in [0.05, 0.1) is 26.4 Å². The molecule has 0 radical (unpaired) electrons. The smallest absolute Gasteiger partial charge is 0.462 e. The van der Waals surface area contributed by atoms with Gasteiger partial charge in [-0.3, -0.25) is 37.3 Å². The molecule has 19 heteroatoms. The van der Waals surface area contributed by atoms with Gasteiger partial charge in [-0.15, -0.1) is 0 Å². The number of aliphatic hydroxyl groups excluding tert-OH is 1. The van der Waals surface area contributed by atoms with E-state index >= 15 is 0 Å². The molecule has 0 heterocycles. The van der Waals surface area contributed by atoms with E-state index in [1.807, 2.05) is 0 Å². The fourth-order valence-corrected chi connectivity index (χ4v) is 13.9. The fourth-order valence-electron chi connectivity index (χ4n) is 12.3. The molecule has 0 rings (SSSR count). The van der Waals surface area contributed by atoms with Crippen molar-refractivity contribution in [1.29, 1.82) is 0 Å². The van der Waals surface area contributed by atoms with Gasteiger partial charge in [0.2, 0.25) is 0 Å². The Morgan fingerprint density at radius 1 is 0.273 bits per heavy atom. The Kier molecular flexibility index (Phi) is 69.0. The van der Waals surface area contributed by atoms with Crippen molar-refractivity contribution in [1.82, 2.24) is 0 Å². The molecule has 0 aromatic carbocycles. The number of hydrogen-bond donors (Lipinski definition) is 3. The van der Waals surface area contributed by atoms with Crippen molar-refractivity contribution in [2.75, 3.05) is 39.6 Å². The van der Waals surface area contributed by atoms with Crippen molar-refractivity contribution in [2.45, 2.75) is 433 Å². The Balaban J connectivity index is 5.26. The van der Waals surface area contributed by atoms with Crippen molar-refractivity contribution in [3.63, 3.8) is 0 Å². The third kappa shape index (κ3) is 74.1. The van der Waals surface area contributed by atoms with Crippen LogP contribution in [0.2, 0.25) is 0 Å². The molecule has 17 nitrogen and oxygen atoms in total. The zero-order chi connectivity index (χ0) is 73.0. The lowest BCUT2D eigenvalue weighted by atomic mass is 10.0. The van der Waals surface area contributed by atoms with Crippen LogP contribution < -0.4 is 0 Å². The molecule has 0 bridgehead atoms. The number of aliphatic hydroxyl groups is 1. The third-order valence-electron chi connectivity index (χ3n) is 18.6. The lowest BCUT2D eigenvalue weighted by Crippen LogP contribution is -2.30. The van der Waals surface area contributed by atoms with Crippen LogP contribution in [-0.2, 0) is 65.4 Å². The standard InChI is InChI=1S/C80H156O17P2/c1-8-9-10-11-12-13-14-25-33-40-47-54-61-77(82)90-68-76(97-80(85)64-57-50-43-36-29-28-32-39-46-53-60-73(6)7)70-95-99(88,89)93-66-74(81)65-92-98(86,87)94-69-75(96-79(84)63-56-49-42-35-27-22-18-16-20-24-31-38-45-52-59-72(4)5)67-91-78(83)62-55-48-41-34-26-21-17-15-19-23-30-37-44-51-58-71(2)3/h71-76,81H,8-70H2,1-7H3,(H,86,87)(H,88,89)/t74-,75-,76-/m1/s1. The number of rotatable bonds is 78. The van der Waals surface area contributed by atoms with E-state index in [0.717, 1.165) is 108 Å². The summed E-state index contributed by atoms with van der Waals surface area (Å²) in [7, 11) is -9.92. The minimum Gasteiger partial charge on any atom is -0.462 e. The number of phosphoric ester groups is 2. The number of phosphoric acid groups is 2. The molecule has 0 aromatic heterocycles. The Morgan fingerprint density at radius 3 is 0.687 bits per heavy atom. The van der Waals surface area contributed by atoms with E-state index in [2.05, 4.69) is 48.5 Å². The third-order valence-corrected chi connectivity index (χ3v) is 20.5. The first-order valence-corrected chi connectivity index (χ1v) is 44.3. The van der Waals surface area contributed by atoms with Crippen LogP contribution in [0, 0.1) is 17.8 Å². The van der Waals surface area contributed by atoms with Gasteiger partial charge < -0.3 is 33.8 Å². The largest absolute Gasteiger partial charge is 0.472 e. The van der Waals surface area contributed by atoms with Gasteiger partial charge in [0.25, 0.3) is 0 Å². The number of hydrogen-bond acceptors (Lipinski definition) is 15. The van der Waals surface area contributed by atoms with Crippen LogP contribution in [0.25, 0.3) is 0 Å². The molecule has 588 valence electrons. The maximum absolute atomic E-state index is 13.1. The molecule has 0 aliphatic carbocycles. The lowest BCUT2D eigenvalue weighted by molar-refractivity contribution is -0.161. The van der Waals surface area contributed by atoms with E-state index in [1.165, 1.54) is 225 Å². The first kappa shape index (κ1) is 97.1. The van der Waals surface area contributed by atoms with E-state index in [4.69, 9.17) is 37.0 Å². The second-order valence-electron chi connectivity index (χ2n) is 30.2. The number of carbonyl (C=O) groups is 4. The van der Waals surface area contributed by atoms with Gasteiger partial charge in [-0.2, -0.15) is 0 Å². The quantitative estimate of drug-likeness (QED) is 0.0222. The maximum Gasteiger partial charge on any atom is 0.472 e. The van der Waals surface area contributed by atoms with Crippen LogP contribution in [0.5, 0.6) is 0 Å². The van der Waals surface area contributed by atoms with Gasteiger partial charge in [-0.1, -0.05) is 363 Å². The van der Waals surface area contributed by atoms with Gasteiger partial charge in [0.1, 0.15) is 19.3 Å². The Bertz CT molecular complexity index is 1920. The molecular weight excluding hydrogens is 1290 g/mol. The van der Waals surface area contributed by atoms with Crippen molar-refractivity contribution in [3.8, 4) is 0 Å². The Morgan fingerprint density at radius 2 is 0.465 bits per heavy atom. The molecule has 2 unspecified atom stereocenters. The maximum atomic E-state index is 13.1. The van der Waals surface area contributed by atoms with Gasteiger partial charge in [-0.05, 0) is 43.4 Å². The summed E-state index contributed by atoms with van der Waals surface area (Å²) in [6, 6.07) is 0. The van der Waals surface area contributed by atoms with Crippen molar-refractivity contribution >= 4 is 39.5 Å². The average molecular weight is 1450 g/mol. The normalized spacial score (nSPS) is 14.0. The zero-order valence-electron chi connectivity index (χ0n) is 65.0. The van der Waals surface area contributed by atoms with E-state index < -0.39 is 97.5 Å². The van der Waals surface area contributed by atoms with Crippen LogP contribution in [0.4, 0.5) is 0 Å². The number of esters is 4. The number of unbranched alkanes of at least 4 members (excludes halogenated alkanes) is 46. The SMILES string of the molecule is CCCCCCCCCCCCCCC(=O)OC[C@H](COP(=O)(O)OC[C@H](O)COP(=O)(O)OC[C@@H](COC(=O)CCCCCCCCCCCCCCCCC(C)C)OC(=O)CCCCCCCCCCCCCCCCC(C)C)OC(=O)CCCCCCCCCCCCC(C)C. The summed E-state index contributed by atoms with van der Waals surface area (Å²) in [5, 5.41) is 10.6. The van der Waals surface area contributed by atoms with E-state index in [9.17, 15) is 43.2 Å². The number of carbonyl (C=O) groups excluding carboxylic acids is 4. The summed E-state index contributed by atoms with van der Waals surface area (Å²) in [4.78, 5) is 73.0. The first-order chi connectivity index (χ1) is 47.7. The van der Waals surface area contributed by atoms with Crippen LogP contribution in [0.15, 0.2) is 0 Å². The van der Waals surface area contributed by atoms with Crippen molar-refractivity contribution < 1.29 is 80.2 Å². The number of ether oxygens (including phenoxy) is 4. The molecule has 0 saturated carbocycles. The fraction of sp³-hybridized carbons (Fsp3) is 0.950. The van der Waals surface area contributed by atoms with E-state index in [1.54, 1.807) is 0 Å². The highest BCUT2D eigenvalue weighted by Gasteiger charge is 2.30. The second kappa shape index (κ2) is 70.4. The zero-order valence-corrected chi connectivity index (χ0v) is 66.8. The van der Waals surface area contributed by atoms with Crippen molar-refractivity contribution in [2.24, 2.45) is 17.8 Å². The molecule has 0 spiro atoms. The lowest BCUT2D eigenvalue weighted by Gasteiger charge is -2.21. The molecule has 0 amide bonds. The molecule has 0 aromatic rings. The molecule has 0 fully saturated rings. The highest BCUT2D eigenvalue weighted by molar-refractivity contribution is 7.47. The predicted octanol–water partition coefficient (Wildman–Crippen LogP) is 23.7. The van der Waals surface area contributed by atoms with Gasteiger partial charge in [0.15, 0.2) is 12.2 Å². The van der Waals surface area contributed by atoms with Crippen LogP contribution in [-0.4, -0.2) is 96.7 Å². The summed E-state index contributed by atoms with van der Waals surface area (Å²) >= 11 is 0. The minimum absolute atomic E-state index is 0.106. The second-order valence-corrected chi connectivity index (χ2v) is 33.1. The van der Waals surface area contributed by atoms with Gasteiger partial charge in [0, 0.05) is 25.7 Å². The van der Waals surface area contributed by atoms with Crippen molar-refractivity contribution in [3.05, 3.63) is 0 Å². The molecule has 0 aliphatic rings. The predicted molar refractivity (Wildman–Crippen MR) is 405 cm³/mol.